The van der Waals surface area contributed by atoms with E-state index in [1.54, 1.807) is 12.1 Å². The van der Waals surface area contributed by atoms with Crippen LogP contribution in [-0.4, -0.2) is 15.7 Å². The molecule has 6 nitrogen and oxygen atoms in total. The number of nitrogens with zero attached hydrogens (tertiary/aromatic N) is 2. The molecule has 1 heterocycles. The largest absolute Gasteiger partial charge is 0.376 e. The maximum absolute atomic E-state index is 12.8. The second-order valence-corrected chi connectivity index (χ2v) is 8.56. The molecule has 2 N–H and O–H groups in total. The summed E-state index contributed by atoms with van der Waals surface area (Å²) in [5.41, 5.74) is 3.22. The van der Waals surface area contributed by atoms with Crippen LogP contribution in [-0.2, 0) is 4.79 Å². The van der Waals surface area contributed by atoms with E-state index in [1.807, 2.05) is 44.2 Å². The number of amides is 1. The smallest absolute Gasteiger partial charge is 0.292 e. The van der Waals surface area contributed by atoms with Crippen LogP contribution in [0.2, 0.25) is 10.0 Å². The van der Waals surface area contributed by atoms with E-state index in [-0.39, 0.29) is 22.9 Å². The van der Waals surface area contributed by atoms with Gasteiger partial charge in [0.2, 0.25) is 5.91 Å². The minimum atomic E-state index is -0.433. The van der Waals surface area contributed by atoms with Crippen LogP contribution in [0.25, 0.3) is 5.69 Å². The molecular formula is C23H22Cl2N4O2. The predicted molar refractivity (Wildman–Crippen MR) is 124 cm³/mol. The molecule has 160 valence electrons. The van der Waals surface area contributed by atoms with Gasteiger partial charge in [0.1, 0.15) is 5.02 Å². The Kier molecular flexibility index (Phi) is 6.03. The Hall–Kier alpha value is -2.83. The van der Waals surface area contributed by atoms with Crippen molar-refractivity contribution in [3.05, 3.63) is 80.2 Å². The Bertz CT molecular complexity index is 1190. The maximum atomic E-state index is 12.8. The number of nitrogens with one attached hydrogen (secondary N) is 2. The molecule has 3 aromatic rings. The average molecular weight is 457 g/mol. The molecule has 0 radical (unpaired) electrons. The van der Waals surface area contributed by atoms with Crippen LogP contribution in [0.1, 0.15) is 36.9 Å². The highest BCUT2D eigenvalue weighted by atomic mass is 35.5. The summed E-state index contributed by atoms with van der Waals surface area (Å²) in [4.78, 5) is 24.6. The molecule has 1 atom stereocenters. The molecule has 1 aliphatic rings. The minimum absolute atomic E-state index is 0.0480. The van der Waals surface area contributed by atoms with Gasteiger partial charge in [-0.1, -0.05) is 41.4 Å². The lowest BCUT2D eigenvalue weighted by Crippen LogP contribution is -2.23. The van der Waals surface area contributed by atoms with Gasteiger partial charge in [0, 0.05) is 22.7 Å². The van der Waals surface area contributed by atoms with E-state index < -0.39 is 5.56 Å². The number of carbonyl (C=O) groups is 1. The lowest BCUT2D eigenvalue weighted by Gasteiger charge is -2.17. The fourth-order valence-corrected chi connectivity index (χ4v) is 3.55. The SMILES string of the molecule is Cc1ccc(-n2ncc(NC(C)c3ccc(NC(=O)C4CC4)cc3)c(Cl)c2=O)cc1Cl. The average Bonchev–Trinajstić information content (AvgIpc) is 3.60. The highest BCUT2D eigenvalue weighted by Gasteiger charge is 2.29. The quantitative estimate of drug-likeness (QED) is 0.522. The Morgan fingerprint density at radius 1 is 1.16 bits per heavy atom. The number of aryl methyl sites for hydroxylation is 1. The van der Waals surface area contributed by atoms with Crippen LogP contribution in [0.5, 0.6) is 0 Å². The monoisotopic (exact) mass is 456 g/mol. The molecule has 2 aromatic carbocycles. The van der Waals surface area contributed by atoms with Crippen molar-refractivity contribution in [2.45, 2.75) is 32.7 Å². The van der Waals surface area contributed by atoms with E-state index in [0.29, 0.717) is 16.4 Å². The summed E-state index contributed by atoms with van der Waals surface area (Å²) in [6.45, 7) is 3.84. The van der Waals surface area contributed by atoms with Crippen molar-refractivity contribution in [3.63, 3.8) is 0 Å². The topological polar surface area (TPSA) is 76.0 Å². The molecule has 1 aliphatic carbocycles. The molecule has 1 saturated carbocycles. The van der Waals surface area contributed by atoms with Gasteiger partial charge < -0.3 is 10.6 Å². The van der Waals surface area contributed by atoms with Gasteiger partial charge in [-0.05, 0) is 62.1 Å². The third-order valence-electron chi connectivity index (χ3n) is 5.32. The van der Waals surface area contributed by atoms with Crippen LogP contribution in [0, 0.1) is 12.8 Å². The van der Waals surface area contributed by atoms with E-state index >= 15 is 0 Å². The Morgan fingerprint density at radius 3 is 2.52 bits per heavy atom. The van der Waals surface area contributed by atoms with Crippen molar-refractivity contribution >= 4 is 40.5 Å². The second-order valence-electron chi connectivity index (χ2n) is 7.77. The maximum Gasteiger partial charge on any atom is 0.292 e. The van der Waals surface area contributed by atoms with Gasteiger partial charge in [0.15, 0.2) is 0 Å². The zero-order chi connectivity index (χ0) is 22.1. The summed E-state index contributed by atoms with van der Waals surface area (Å²) in [6.07, 6.45) is 3.46. The number of carbonyl (C=O) groups excluding carboxylic acids is 1. The summed E-state index contributed by atoms with van der Waals surface area (Å²) >= 11 is 12.5. The molecule has 0 saturated heterocycles. The first-order valence-electron chi connectivity index (χ1n) is 10.0. The van der Waals surface area contributed by atoms with Gasteiger partial charge in [0.05, 0.1) is 17.6 Å². The van der Waals surface area contributed by atoms with Gasteiger partial charge >= 0.3 is 0 Å². The van der Waals surface area contributed by atoms with Crippen LogP contribution in [0.15, 0.2) is 53.5 Å². The van der Waals surface area contributed by atoms with E-state index in [0.717, 1.165) is 29.7 Å². The number of halogens is 2. The summed E-state index contributed by atoms with van der Waals surface area (Å²) in [5, 5.41) is 11.0. The van der Waals surface area contributed by atoms with E-state index in [4.69, 9.17) is 23.2 Å². The van der Waals surface area contributed by atoms with Gasteiger partial charge in [-0.2, -0.15) is 9.78 Å². The first kappa shape index (κ1) is 21.4. The standard InChI is InChI=1S/C23H22Cl2N4O2/c1-13-3-10-18(11-19(13)24)29-23(31)21(25)20(12-26-29)27-14(2)15-6-8-17(9-7-15)28-22(30)16-4-5-16/h3,6-12,14,16,27H,4-5H2,1-2H3,(H,28,30). The third-order valence-corrected chi connectivity index (χ3v) is 6.09. The Balaban J connectivity index is 1.49. The number of aromatic nitrogens is 2. The summed E-state index contributed by atoms with van der Waals surface area (Å²) in [7, 11) is 0. The molecule has 0 bridgehead atoms. The molecular weight excluding hydrogens is 435 g/mol. The van der Waals surface area contributed by atoms with Gasteiger partial charge in [-0.3, -0.25) is 9.59 Å². The Morgan fingerprint density at radius 2 is 1.87 bits per heavy atom. The zero-order valence-corrected chi connectivity index (χ0v) is 18.7. The van der Waals surface area contributed by atoms with Gasteiger partial charge in [0.25, 0.3) is 5.56 Å². The van der Waals surface area contributed by atoms with Gasteiger partial charge in [-0.15, -0.1) is 0 Å². The van der Waals surface area contributed by atoms with Crippen molar-refractivity contribution in [1.29, 1.82) is 0 Å². The molecule has 1 amide bonds. The number of hydrogen-bond donors (Lipinski definition) is 2. The second kappa shape index (κ2) is 8.73. The molecule has 4 rings (SSSR count). The van der Waals surface area contributed by atoms with E-state index in [9.17, 15) is 9.59 Å². The van der Waals surface area contributed by atoms with Crippen molar-refractivity contribution in [2.75, 3.05) is 10.6 Å². The normalized spacial score (nSPS) is 14.2. The fourth-order valence-electron chi connectivity index (χ4n) is 3.19. The first-order valence-corrected chi connectivity index (χ1v) is 10.8. The zero-order valence-electron chi connectivity index (χ0n) is 17.2. The first-order chi connectivity index (χ1) is 14.8. The van der Waals surface area contributed by atoms with Crippen molar-refractivity contribution < 1.29 is 4.79 Å². The summed E-state index contributed by atoms with van der Waals surface area (Å²) in [5.74, 6) is 0.236. The molecule has 1 fully saturated rings. The molecule has 0 spiro atoms. The molecule has 1 aromatic heterocycles. The van der Waals surface area contributed by atoms with E-state index in [2.05, 4.69) is 15.7 Å². The summed E-state index contributed by atoms with van der Waals surface area (Å²) < 4.78 is 1.22. The highest BCUT2D eigenvalue weighted by molar-refractivity contribution is 6.33. The third kappa shape index (κ3) is 4.75. The van der Waals surface area contributed by atoms with Crippen LogP contribution in [0.4, 0.5) is 11.4 Å². The van der Waals surface area contributed by atoms with Crippen LogP contribution < -0.4 is 16.2 Å². The van der Waals surface area contributed by atoms with Crippen LogP contribution >= 0.6 is 23.2 Å². The fraction of sp³-hybridized carbons (Fsp3) is 0.261. The lowest BCUT2D eigenvalue weighted by atomic mass is 10.1. The molecule has 31 heavy (non-hydrogen) atoms. The molecule has 1 unspecified atom stereocenters. The minimum Gasteiger partial charge on any atom is -0.376 e. The number of hydrogen-bond acceptors (Lipinski definition) is 4. The number of anilines is 2. The summed E-state index contributed by atoms with van der Waals surface area (Å²) in [6, 6.07) is 12.7. The van der Waals surface area contributed by atoms with Crippen LogP contribution in [0.3, 0.4) is 0 Å². The van der Waals surface area contributed by atoms with Crippen molar-refractivity contribution in [1.82, 2.24) is 9.78 Å². The number of benzene rings is 2. The highest BCUT2D eigenvalue weighted by Crippen LogP contribution is 2.30. The molecule has 0 aliphatic heterocycles. The van der Waals surface area contributed by atoms with Gasteiger partial charge in [-0.25, -0.2) is 0 Å². The van der Waals surface area contributed by atoms with Crippen molar-refractivity contribution in [2.24, 2.45) is 5.92 Å². The number of rotatable bonds is 6. The predicted octanol–water partition coefficient (Wildman–Crippen LogP) is 5.37. The molecule has 8 heteroatoms. The van der Waals surface area contributed by atoms with Crippen molar-refractivity contribution in [3.8, 4) is 5.69 Å². The van der Waals surface area contributed by atoms with E-state index in [1.165, 1.54) is 10.9 Å². The Labute approximate surface area is 190 Å². The lowest BCUT2D eigenvalue weighted by molar-refractivity contribution is -0.117.